The number of hydrogen-bond acceptors (Lipinski definition) is 2. The van der Waals surface area contributed by atoms with E-state index in [9.17, 15) is 0 Å². The maximum Gasteiger partial charge on any atom is 0.0415 e. The number of rotatable bonds is 1. The first-order chi connectivity index (χ1) is 8.34. The lowest BCUT2D eigenvalue weighted by Crippen LogP contribution is -2.24. The van der Waals surface area contributed by atoms with Crippen molar-refractivity contribution in [3.63, 3.8) is 0 Å². The number of pyridine rings is 1. The van der Waals surface area contributed by atoms with E-state index in [0.717, 1.165) is 24.5 Å². The lowest BCUT2D eigenvalue weighted by Gasteiger charge is -2.21. The van der Waals surface area contributed by atoms with Gasteiger partial charge in [0.15, 0.2) is 0 Å². The van der Waals surface area contributed by atoms with E-state index in [1.807, 2.05) is 24.5 Å². The fourth-order valence-electron chi connectivity index (χ4n) is 2.37. The van der Waals surface area contributed by atoms with Gasteiger partial charge in [-0.2, -0.15) is 0 Å². The van der Waals surface area contributed by atoms with Crippen LogP contribution in [0.25, 0.3) is 11.1 Å². The Bertz CT molecular complexity index is 537. The number of hydrogen-bond donors (Lipinski definition) is 1. The van der Waals surface area contributed by atoms with E-state index in [2.05, 4.69) is 22.4 Å². The van der Waals surface area contributed by atoms with Crippen LogP contribution >= 0.6 is 11.6 Å². The highest BCUT2D eigenvalue weighted by Gasteiger charge is 2.14. The number of aromatic nitrogens is 1. The zero-order valence-corrected chi connectivity index (χ0v) is 10.2. The molecule has 0 atom stereocenters. The highest BCUT2D eigenvalue weighted by molar-refractivity contribution is 6.31. The topological polar surface area (TPSA) is 24.9 Å². The zero-order chi connectivity index (χ0) is 11.7. The second-order valence-corrected chi connectivity index (χ2v) is 4.69. The highest BCUT2D eigenvalue weighted by atomic mass is 35.5. The van der Waals surface area contributed by atoms with Crippen LogP contribution < -0.4 is 5.32 Å². The second-order valence-electron chi connectivity index (χ2n) is 4.25. The molecule has 86 valence electrons. The molecule has 0 aliphatic carbocycles. The van der Waals surface area contributed by atoms with Gasteiger partial charge in [0.2, 0.25) is 0 Å². The third kappa shape index (κ3) is 2.06. The predicted octanol–water partition coefficient (Wildman–Crippen LogP) is 3.05. The summed E-state index contributed by atoms with van der Waals surface area (Å²) in [7, 11) is 0. The Morgan fingerprint density at radius 1 is 1.18 bits per heavy atom. The first-order valence-corrected chi connectivity index (χ1v) is 6.15. The SMILES string of the molecule is Clc1cc2c(c(-c3ccncc3)c1)CCNC2. The van der Waals surface area contributed by atoms with Gasteiger partial charge in [-0.05, 0) is 59.5 Å². The standard InChI is InChI=1S/C14H13ClN2/c15-12-7-11-9-17-6-3-13(11)14(8-12)10-1-4-16-5-2-10/h1-2,4-5,7-8,17H,3,6,9H2. The molecule has 1 aromatic heterocycles. The maximum absolute atomic E-state index is 6.19. The average molecular weight is 245 g/mol. The molecule has 1 aliphatic heterocycles. The fraction of sp³-hybridized carbons (Fsp3) is 0.214. The molecule has 0 saturated heterocycles. The Morgan fingerprint density at radius 3 is 2.82 bits per heavy atom. The molecule has 2 heterocycles. The van der Waals surface area contributed by atoms with Gasteiger partial charge in [0, 0.05) is 24.0 Å². The van der Waals surface area contributed by atoms with Crippen LogP contribution in [-0.2, 0) is 13.0 Å². The molecule has 0 unspecified atom stereocenters. The van der Waals surface area contributed by atoms with Crippen LogP contribution in [0.2, 0.25) is 5.02 Å². The maximum atomic E-state index is 6.19. The lowest BCUT2D eigenvalue weighted by atomic mass is 9.92. The Labute approximate surface area is 106 Å². The normalized spacial score (nSPS) is 14.4. The monoisotopic (exact) mass is 244 g/mol. The van der Waals surface area contributed by atoms with Crippen LogP contribution in [-0.4, -0.2) is 11.5 Å². The summed E-state index contributed by atoms with van der Waals surface area (Å²) in [5.74, 6) is 0. The summed E-state index contributed by atoms with van der Waals surface area (Å²) in [4.78, 5) is 4.06. The van der Waals surface area contributed by atoms with Gasteiger partial charge in [0.1, 0.15) is 0 Å². The van der Waals surface area contributed by atoms with Crippen molar-refractivity contribution in [3.8, 4) is 11.1 Å². The summed E-state index contributed by atoms with van der Waals surface area (Å²) in [6.45, 7) is 1.95. The van der Waals surface area contributed by atoms with Crippen molar-refractivity contribution in [3.05, 3.63) is 52.8 Å². The third-order valence-corrected chi connectivity index (χ3v) is 3.38. The summed E-state index contributed by atoms with van der Waals surface area (Å²) >= 11 is 6.19. The number of benzene rings is 1. The molecule has 0 radical (unpaired) electrons. The van der Waals surface area contributed by atoms with Crippen LogP contribution in [0, 0.1) is 0 Å². The van der Waals surface area contributed by atoms with E-state index in [1.165, 1.54) is 22.3 Å². The largest absolute Gasteiger partial charge is 0.312 e. The van der Waals surface area contributed by atoms with Gasteiger partial charge < -0.3 is 5.32 Å². The lowest BCUT2D eigenvalue weighted by molar-refractivity contribution is 0.645. The van der Waals surface area contributed by atoms with Crippen molar-refractivity contribution in [2.75, 3.05) is 6.54 Å². The molecule has 1 aliphatic rings. The van der Waals surface area contributed by atoms with E-state index in [-0.39, 0.29) is 0 Å². The van der Waals surface area contributed by atoms with Crippen LogP contribution in [0.3, 0.4) is 0 Å². The van der Waals surface area contributed by atoms with Crippen molar-refractivity contribution >= 4 is 11.6 Å². The van der Waals surface area contributed by atoms with E-state index >= 15 is 0 Å². The number of nitrogens with one attached hydrogen (secondary N) is 1. The van der Waals surface area contributed by atoms with E-state index in [1.54, 1.807) is 0 Å². The molecular weight excluding hydrogens is 232 g/mol. The number of nitrogens with zero attached hydrogens (tertiary/aromatic N) is 1. The van der Waals surface area contributed by atoms with Gasteiger partial charge in [0.05, 0.1) is 0 Å². The van der Waals surface area contributed by atoms with Crippen LogP contribution in [0.1, 0.15) is 11.1 Å². The molecule has 17 heavy (non-hydrogen) atoms. The Hall–Kier alpha value is -1.38. The molecule has 0 spiro atoms. The predicted molar refractivity (Wildman–Crippen MR) is 70.1 cm³/mol. The molecular formula is C14H13ClN2. The summed E-state index contributed by atoms with van der Waals surface area (Å²) in [5, 5.41) is 4.18. The van der Waals surface area contributed by atoms with Crippen LogP contribution in [0.15, 0.2) is 36.7 Å². The van der Waals surface area contributed by atoms with E-state index in [0.29, 0.717) is 0 Å². The van der Waals surface area contributed by atoms with Gasteiger partial charge in [0.25, 0.3) is 0 Å². The summed E-state index contributed by atoms with van der Waals surface area (Å²) < 4.78 is 0. The van der Waals surface area contributed by atoms with Crippen LogP contribution in [0.5, 0.6) is 0 Å². The molecule has 0 saturated carbocycles. The Balaban J connectivity index is 2.19. The first kappa shape index (κ1) is 10.8. The van der Waals surface area contributed by atoms with Gasteiger partial charge in [-0.1, -0.05) is 11.6 Å². The molecule has 1 N–H and O–H groups in total. The van der Waals surface area contributed by atoms with Gasteiger partial charge in [-0.3, -0.25) is 4.98 Å². The van der Waals surface area contributed by atoms with Gasteiger partial charge in [-0.15, -0.1) is 0 Å². The Kier molecular flexibility index (Phi) is 2.83. The average Bonchev–Trinajstić information content (AvgIpc) is 2.39. The molecule has 2 aromatic rings. The van der Waals surface area contributed by atoms with Crippen molar-refractivity contribution in [1.29, 1.82) is 0 Å². The summed E-state index contributed by atoms with van der Waals surface area (Å²) in [6.07, 6.45) is 4.71. The smallest absolute Gasteiger partial charge is 0.0415 e. The molecule has 1 aromatic carbocycles. The minimum absolute atomic E-state index is 0.805. The fourth-order valence-corrected chi connectivity index (χ4v) is 2.61. The quantitative estimate of drug-likeness (QED) is 0.834. The van der Waals surface area contributed by atoms with Crippen molar-refractivity contribution in [2.45, 2.75) is 13.0 Å². The molecule has 0 fully saturated rings. The Morgan fingerprint density at radius 2 is 2.00 bits per heavy atom. The number of halogens is 1. The summed E-state index contributed by atoms with van der Waals surface area (Å²) in [6, 6.07) is 8.19. The first-order valence-electron chi connectivity index (χ1n) is 5.77. The number of fused-ring (bicyclic) bond motifs is 1. The second kappa shape index (κ2) is 4.47. The van der Waals surface area contributed by atoms with Gasteiger partial charge >= 0.3 is 0 Å². The minimum atomic E-state index is 0.805. The molecule has 3 rings (SSSR count). The minimum Gasteiger partial charge on any atom is -0.312 e. The molecule has 0 bridgehead atoms. The zero-order valence-electron chi connectivity index (χ0n) is 9.41. The van der Waals surface area contributed by atoms with Crippen molar-refractivity contribution < 1.29 is 0 Å². The molecule has 2 nitrogen and oxygen atoms in total. The molecule has 0 amide bonds. The highest BCUT2D eigenvalue weighted by Crippen LogP contribution is 2.31. The van der Waals surface area contributed by atoms with Crippen molar-refractivity contribution in [1.82, 2.24) is 10.3 Å². The van der Waals surface area contributed by atoms with E-state index in [4.69, 9.17) is 11.6 Å². The van der Waals surface area contributed by atoms with E-state index < -0.39 is 0 Å². The molecule has 3 heteroatoms. The van der Waals surface area contributed by atoms with Crippen LogP contribution in [0.4, 0.5) is 0 Å². The third-order valence-electron chi connectivity index (χ3n) is 3.17. The summed E-state index contributed by atoms with van der Waals surface area (Å²) in [5.41, 5.74) is 5.17. The van der Waals surface area contributed by atoms with Crippen molar-refractivity contribution in [2.24, 2.45) is 0 Å². The van der Waals surface area contributed by atoms with Gasteiger partial charge in [-0.25, -0.2) is 0 Å².